The first kappa shape index (κ1) is 17.7. The summed E-state index contributed by atoms with van der Waals surface area (Å²) >= 11 is 0. The predicted octanol–water partition coefficient (Wildman–Crippen LogP) is 5.62. The van der Waals surface area contributed by atoms with Gasteiger partial charge < -0.3 is 0 Å². The van der Waals surface area contributed by atoms with Crippen LogP contribution in [0.4, 0.5) is 0 Å². The molecule has 0 amide bonds. The van der Waals surface area contributed by atoms with E-state index < -0.39 is 0 Å². The van der Waals surface area contributed by atoms with Crippen molar-refractivity contribution < 1.29 is 4.79 Å². The fraction of sp³-hybridized carbons (Fsp3) is 0.941. The summed E-state index contributed by atoms with van der Waals surface area (Å²) in [6, 6.07) is 0. The summed E-state index contributed by atoms with van der Waals surface area (Å²) in [5.74, 6) is 1.63. The fourth-order valence-corrected chi connectivity index (χ4v) is 2.85. The van der Waals surface area contributed by atoms with Crippen LogP contribution in [-0.4, -0.2) is 5.78 Å². The Labute approximate surface area is 115 Å². The Morgan fingerprint density at radius 2 is 1.72 bits per heavy atom. The van der Waals surface area contributed by atoms with E-state index in [1.165, 1.54) is 19.3 Å². The normalized spacial score (nSPS) is 15.4. The summed E-state index contributed by atoms with van der Waals surface area (Å²) in [4.78, 5) is 12.1. The highest BCUT2D eigenvalue weighted by atomic mass is 16.1. The molecule has 0 bridgehead atoms. The van der Waals surface area contributed by atoms with Gasteiger partial charge >= 0.3 is 0 Å². The summed E-state index contributed by atoms with van der Waals surface area (Å²) in [7, 11) is 0. The third-order valence-electron chi connectivity index (χ3n) is 3.60. The molecule has 0 aromatic rings. The van der Waals surface area contributed by atoms with E-state index in [0.29, 0.717) is 23.0 Å². The Bertz CT molecular complexity index is 224. The first-order chi connectivity index (χ1) is 8.28. The summed E-state index contributed by atoms with van der Waals surface area (Å²) in [6.45, 7) is 13.4. The van der Waals surface area contributed by atoms with Crippen molar-refractivity contribution in [3.63, 3.8) is 0 Å². The minimum atomic E-state index is 0.339. The average Bonchev–Trinajstić information content (AvgIpc) is 2.20. The predicted molar refractivity (Wildman–Crippen MR) is 80.8 cm³/mol. The van der Waals surface area contributed by atoms with Crippen LogP contribution >= 0.6 is 0 Å². The van der Waals surface area contributed by atoms with Gasteiger partial charge in [-0.05, 0) is 23.7 Å². The Kier molecular flexibility index (Phi) is 8.56. The lowest BCUT2D eigenvalue weighted by molar-refractivity contribution is -0.121. The molecular formula is C17H34O. The first-order valence-corrected chi connectivity index (χ1v) is 7.80. The largest absolute Gasteiger partial charge is 0.300 e. The Balaban J connectivity index is 4.00. The van der Waals surface area contributed by atoms with E-state index in [-0.39, 0.29) is 0 Å². The van der Waals surface area contributed by atoms with Gasteiger partial charge in [-0.15, -0.1) is 0 Å². The van der Waals surface area contributed by atoms with Crippen LogP contribution in [0.25, 0.3) is 0 Å². The molecule has 0 aromatic heterocycles. The van der Waals surface area contributed by atoms with Crippen molar-refractivity contribution in [1.82, 2.24) is 0 Å². The van der Waals surface area contributed by atoms with Gasteiger partial charge in [-0.2, -0.15) is 0 Å². The van der Waals surface area contributed by atoms with Gasteiger partial charge in [0.25, 0.3) is 0 Å². The van der Waals surface area contributed by atoms with Crippen molar-refractivity contribution in [2.45, 2.75) is 86.5 Å². The van der Waals surface area contributed by atoms with E-state index in [1.807, 2.05) is 0 Å². The van der Waals surface area contributed by atoms with E-state index in [0.717, 1.165) is 25.7 Å². The topological polar surface area (TPSA) is 17.1 Å². The molecule has 0 N–H and O–H groups in total. The Morgan fingerprint density at radius 1 is 1.11 bits per heavy atom. The van der Waals surface area contributed by atoms with E-state index in [9.17, 15) is 4.79 Å². The number of carbonyl (C=O) groups excluding carboxylic acids is 1. The van der Waals surface area contributed by atoms with Gasteiger partial charge in [-0.3, -0.25) is 4.79 Å². The van der Waals surface area contributed by atoms with E-state index in [2.05, 4.69) is 41.5 Å². The number of unbranched alkanes of at least 4 members (excludes halogenated alkanes) is 1. The molecule has 2 unspecified atom stereocenters. The van der Waals surface area contributed by atoms with Crippen LogP contribution in [0, 0.1) is 17.3 Å². The highest BCUT2D eigenvalue weighted by molar-refractivity contribution is 5.78. The van der Waals surface area contributed by atoms with Gasteiger partial charge in [0.1, 0.15) is 5.78 Å². The van der Waals surface area contributed by atoms with Crippen LogP contribution in [0.15, 0.2) is 0 Å². The van der Waals surface area contributed by atoms with Crippen LogP contribution in [0.2, 0.25) is 0 Å². The van der Waals surface area contributed by atoms with Crippen molar-refractivity contribution in [3.8, 4) is 0 Å². The lowest BCUT2D eigenvalue weighted by Gasteiger charge is -2.23. The Hall–Kier alpha value is -0.330. The molecule has 0 heterocycles. The molecule has 18 heavy (non-hydrogen) atoms. The van der Waals surface area contributed by atoms with Crippen LogP contribution in [0.5, 0.6) is 0 Å². The second-order valence-electron chi connectivity index (χ2n) is 7.23. The van der Waals surface area contributed by atoms with Crippen molar-refractivity contribution in [1.29, 1.82) is 0 Å². The molecule has 0 aliphatic rings. The number of carbonyl (C=O) groups is 1. The van der Waals surface area contributed by atoms with Gasteiger partial charge in [0, 0.05) is 12.8 Å². The maximum Gasteiger partial charge on any atom is 0.133 e. The SMILES string of the molecule is CCCCC(CC)CC(=O)CC(C)CC(C)(C)C. The van der Waals surface area contributed by atoms with Gasteiger partial charge in [0.2, 0.25) is 0 Å². The second-order valence-corrected chi connectivity index (χ2v) is 7.23. The third-order valence-corrected chi connectivity index (χ3v) is 3.60. The van der Waals surface area contributed by atoms with Crippen molar-refractivity contribution in [3.05, 3.63) is 0 Å². The number of Topliss-reactive ketones (excluding diaryl/α,β-unsaturated/α-hetero) is 1. The zero-order valence-electron chi connectivity index (χ0n) is 13.5. The molecule has 0 saturated heterocycles. The first-order valence-electron chi connectivity index (χ1n) is 7.80. The molecule has 108 valence electrons. The molecule has 0 aromatic carbocycles. The van der Waals surface area contributed by atoms with E-state index in [1.54, 1.807) is 0 Å². The van der Waals surface area contributed by atoms with Crippen LogP contribution < -0.4 is 0 Å². The molecule has 1 nitrogen and oxygen atoms in total. The van der Waals surface area contributed by atoms with Crippen LogP contribution in [0.3, 0.4) is 0 Å². The van der Waals surface area contributed by atoms with Gasteiger partial charge in [-0.25, -0.2) is 0 Å². The molecule has 0 aliphatic carbocycles. The standard InChI is InChI=1S/C17H34O/c1-7-9-10-15(8-2)12-16(18)11-14(3)13-17(4,5)6/h14-15H,7-13H2,1-6H3. The second kappa shape index (κ2) is 8.72. The minimum absolute atomic E-state index is 0.339. The summed E-state index contributed by atoms with van der Waals surface area (Å²) in [6.07, 6.45) is 7.62. The zero-order valence-corrected chi connectivity index (χ0v) is 13.5. The molecule has 1 heteroatoms. The summed E-state index contributed by atoms with van der Waals surface area (Å²) in [5.41, 5.74) is 0.339. The zero-order chi connectivity index (χ0) is 14.2. The number of rotatable bonds is 9. The highest BCUT2D eigenvalue weighted by Crippen LogP contribution is 2.27. The number of ketones is 1. The van der Waals surface area contributed by atoms with Crippen molar-refractivity contribution >= 4 is 5.78 Å². The molecule has 0 radical (unpaired) electrons. The lowest BCUT2D eigenvalue weighted by Crippen LogP contribution is -2.16. The van der Waals surface area contributed by atoms with Crippen molar-refractivity contribution in [2.24, 2.45) is 17.3 Å². The number of hydrogen-bond donors (Lipinski definition) is 0. The molecule has 0 spiro atoms. The number of hydrogen-bond acceptors (Lipinski definition) is 1. The fourth-order valence-electron chi connectivity index (χ4n) is 2.85. The average molecular weight is 254 g/mol. The van der Waals surface area contributed by atoms with Crippen LogP contribution in [-0.2, 0) is 4.79 Å². The summed E-state index contributed by atoms with van der Waals surface area (Å²) in [5, 5.41) is 0. The molecule has 0 rings (SSSR count). The van der Waals surface area contributed by atoms with E-state index >= 15 is 0 Å². The molecule has 0 saturated carbocycles. The molecular weight excluding hydrogens is 220 g/mol. The summed E-state index contributed by atoms with van der Waals surface area (Å²) < 4.78 is 0. The molecule has 0 fully saturated rings. The van der Waals surface area contributed by atoms with Crippen LogP contribution in [0.1, 0.15) is 86.5 Å². The quantitative estimate of drug-likeness (QED) is 0.521. The molecule has 2 atom stereocenters. The van der Waals surface area contributed by atoms with Gasteiger partial charge in [0.05, 0.1) is 0 Å². The van der Waals surface area contributed by atoms with E-state index in [4.69, 9.17) is 0 Å². The maximum atomic E-state index is 12.1. The monoisotopic (exact) mass is 254 g/mol. The van der Waals surface area contributed by atoms with Gasteiger partial charge in [0.15, 0.2) is 0 Å². The van der Waals surface area contributed by atoms with Crippen molar-refractivity contribution in [2.75, 3.05) is 0 Å². The molecule has 0 aliphatic heterocycles. The van der Waals surface area contributed by atoms with Gasteiger partial charge in [-0.1, -0.05) is 67.2 Å². The highest BCUT2D eigenvalue weighted by Gasteiger charge is 2.19. The maximum absolute atomic E-state index is 12.1. The minimum Gasteiger partial charge on any atom is -0.300 e. The smallest absolute Gasteiger partial charge is 0.133 e. The Morgan fingerprint density at radius 3 is 2.17 bits per heavy atom. The lowest BCUT2D eigenvalue weighted by atomic mass is 9.82. The third kappa shape index (κ3) is 9.67.